The molecule has 0 fully saturated rings. The first-order valence-electron chi connectivity index (χ1n) is 8.76. The minimum absolute atomic E-state index is 0.127. The lowest BCUT2D eigenvalue weighted by atomic mass is 9.98. The average Bonchev–Trinajstić information content (AvgIpc) is 2.67. The molecule has 0 bridgehead atoms. The molecule has 2 rings (SSSR count). The number of aromatic nitrogens is 1. The van der Waals surface area contributed by atoms with Gasteiger partial charge >= 0.3 is 0 Å². The lowest BCUT2D eigenvalue weighted by Crippen LogP contribution is -2.47. The third-order valence-corrected chi connectivity index (χ3v) is 5.87. The molecule has 0 radical (unpaired) electrons. The number of nitrogens with one attached hydrogen (secondary N) is 1. The van der Waals surface area contributed by atoms with Crippen molar-refractivity contribution in [2.75, 3.05) is 33.7 Å². The second-order valence-electron chi connectivity index (χ2n) is 6.66. The van der Waals surface area contributed by atoms with Crippen molar-refractivity contribution < 1.29 is 17.6 Å². The average molecular weight is 444 g/mol. The second-order valence-corrected chi connectivity index (χ2v) is 8.81. The fraction of sp³-hybridized carbons (Fsp3) is 0.389. The molecule has 1 aliphatic heterocycles. The van der Waals surface area contributed by atoms with Crippen LogP contribution in [0.4, 0.5) is 4.39 Å². The van der Waals surface area contributed by atoms with Gasteiger partial charge in [0, 0.05) is 27.2 Å². The predicted octanol–water partition coefficient (Wildman–Crippen LogP) is 1.52. The molecule has 0 saturated carbocycles. The largest absolute Gasteiger partial charge is 0.348 e. The van der Waals surface area contributed by atoms with Gasteiger partial charge in [-0.05, 0) is 29.7 Å². The number of hydrogen-bond acceptors (Lipinski definition) is 5. The molecule has 0 aromatic carbocycles. The maximum atomic E-state index is 12.9. The number of likely N-dealkylation sites (N-methyl/N-ethyl adjacent to an activating group) is 1. The second kappa shape index (κ2) is 10.1. The number of carbonyl (C=O) groups excluding carboxylic acids is 1. The smallest absolute Gasteiger partial charge is 0.280 e. The van der Waals surface area contributed by atoms with Gasteiger partial charge in [-0.3, -0.25) is 9.78 Å². The summed E-state index contributed by atoms with van der Waals surface area (Å²) in [6, 6.07) is 2.75. The summed E-state index contributed by atoms with van der Waals surface area (Å²) in [5.41, 5.74) is 1.30. The summed E-state index contributed by atoms with van der Waals surface area (Å²) >= 11 is 6.14. The fourth-order valence-electron chi connectivity index (χ4n) is 2.46. The molecule has 1 atom stereocenters. The van der Waals surface area contributed by atoms with E-state index in [2.05, 4.69) is 14.7 Å². The van der Waals surface area contributed by atoms with Crippen LogP contribution in [0.15, 0.2) is 46.2 Å². The van der Waals surface area contributed by atoms with Crippen LogP contribution in [0.2, 0.25) is 0 Å². The summed E-state index contributed by atoms with van der Waals surface area (Å²) < 4.78 is 41.2. The lowest BCUT2D eigenvalue weighted by molar-refractivity contribution is -0.127. The Morgan fingerprint density at radius 2 is 2.21 bits per heavy atom. The molecule has 8 nitrogen and oxygen atoms in total. The number of aliphatic imine (C=N–C) groups is 1. The molecule has 0 saturated heterocycles. The van der Waals surface area contributed by atoms with Gasteiger partial charge in [-0.15, -0.1) is 0 Å². The lowest BCUT2D eigenvalue weighted by Gasteiger charge is -2.29. The highest BCUT2D eigenvalue weighted by Gasteiger charge is 2.28. The van der Waals surface area contributed by atoms with Crippen LogP contribution >= 0.6 is 11.6 Å². The van der Waals surface area contributed by atoms with Crippen LogP contribution in [0.3, 0.4) is 0 Å². The van der Waals surface area contributed by atoms with Gasteiger partial charge in [-0.25, -0.2) is 9.38 Å². The third kappa shape index (κ3) is 7.00. The molecule has 0 aliphatic carbocycles. The van der Waals surface area contributed by atoms with E-state index in [0.717, 1.165) is 11.8 Å². The first-order valence-corrected chi connectivity index (χ1v) is 10.6. The number of halogens is 2. The van der Waals surface area contributed by atoms with Crippen LogP contribution in [-0.2, 0) is 15.0 Å². The Morgan fingerprint density at radius 3 is 2.79 bits per heavy atom. The molecule has 1 N–H and O–H groups in total. The molecule has 1 aromatic heterocycles. The molecule has 29 heavy (non-hydrogen) atoms. The zero-order chi connectivity index (χ0) is 21.6. The van der Waals surface area contributed by atoms with E-state index in [0.29, 0.717) is 5.69 Å². The summed E-state index contributed by atoms with van der Waals surface area (Å²) in [7, 11) is -0.668. The maximum Gasteiger partial charge on any atom is 0.280 e. The van der Waals surface area contributed by atoms with Crippen molar-refractivity contribution in [3.8, 4) is 0 Å². The number of carbonyl (C=O) groups is 1. The number of allylic oxidation sites excluding steroid dienone is 1. The van der Waals surface area contributed by atoms with Crippen LogP contribution in [0.1, 0.15) is 12.6 Å². The number of pyridine rings is 1. The van der Waals surface area contributed by atoms with Gasteiger partial charge in [0.15, 0.2) is 0 Å². The first kappa shape index (κ1) is 23.1. The molecule has 158 valence electrons. The van der Waals surface area contributed by atoms with Crippen LogP contribution in [-0.4, -0.2) is 68.5 Å². The van der Waals surface area contributed by atoms with Crippen molar-refractivity contribution in [3.63, 3.8) is 0 Å². The van der Waals surface area contributed by atoms with Gasteiger partial charge in [0.2, 0.25) is 5.91 Å². The van der Waals surface area contributed by atoms with Gasteiger partial charge in [-0.1, -0.05) is 24.6 Å². The molecular formula is C18H23ClFN5O3S. The van der Waals surface area contributed by atoms with Gasteiger partial charge in [0.1, 0.15) is 11.0 Å². The third-order valence-electron chi connectivity index (χ3n) is 4.18. The van der Waals surface area contributed by atoms with E-state index < -0.39 is 16.0 Å². The Bertz CT molecular complexity index is 929. The number of amides is 1. The van der Waals surface area contributed by atoms with E-state index in [-0.39, 0.29) is 36.6 Å². The first-order chi connectivity index (χ1) is 13.6. The maximum absolute atomic E-state index is 12.9. The summed E-state index contributed by atoms with van der Waals surface area (Å²) in [6.45, 7) is 1.95. The minimum Gasteiger partial charge on any atom is -0.348 e. The summed E-state index contributed by atoms with van der Waals surface area (Å²) in [5, 5.41) is 0.195. The van der Waals surface area contributed by atoms with E-state index in [4.69, 9.17) is 11.6 Å². The Kier molecular flexibility index (Phi) is 8.03. The highest BCUT2D eigenvalue weighted by atomic mass is 35.5. The van der Waals surface area contributed by atoms with Crippen LogP contribution in [0.25, 0.3) is 0 Å². The van der Waals surface area contributed by atoms with Crippen LogP contribution in [0, 0.1) is 11.7 Å². The molecular weight excluding hydrogens is 421 g/mol. The van der Waals surface area contributed by atoms with Gasteiger partial charge in [0.25, 0.3) is 10.2 Å². The van der Waals surface area contributed by atoms with E-state index in [9.17, 15) is 17.6 Å². The summed E-state index contributed by atoms with van der Waals surface area (Å²) in [4.78, 5) is 20.8. The van der Waals surface area contributed by atoms with Crippen molar-refractivity contribution >= 4 is 33.9 Å². The zero-order valence-electron chi connectivity index (χ0n) is 16.3. The minimum atomic E-state index is -3.78. The molecule has 1 aliphatic rings. The van der Waals surface area contributed by atoms with E-state index in [1.54, 1.807) is 26.2 Å². The van der Waals surface area contributed by atoms with Crippen molar-refractivity contribution in [1.82, 2.24) is 18.9 Å². The normalized spacial score (nSPS) is 18.7. The van der Waals surface area contributed by atoms with Gasteiger partial charge in [0.05, 0.1) is 24.7 Å². The molecule has 11 heteroatoms. The quantitative estimate of drug-likeness (QED) is 0.510. The summed E-state index contributed by atoms with van der Waals surface area (Å²) in [6.07, 6.45) is 5.89. The van der Waals surface area contributed by atoms with Gasteiger partial charge in [-0.2, -0.15) is 17.4 Å². The molecule has 1 aromatic rings. The van der Waals surface area contributed by atoms with E-state index in [1.165, 1.54) is 27.6 Å². The molecule has 2 heterocycles. The fourth-order valence-corrected chi connectivity index (χ4v) is 3.81. The number of hydrogen-bond donors (Lipinski definition) is 1. The van der Waals surface area contributed by atoms with Crippen molar-refractivity contribution in [1.29, 1.82) is 0 Å². The topological polar surface area (TPSA) is 95.0 Å². The highest BCUT2D eigenvalue weighted by Crippen LogP contribution is 2.23. The zero-order valence-corrected chi connectivity index (χ0v) is 17.9. The van der Waals surface area contributed by atoms with Crippen molar-refractivity contribution in [2.24, 2.45) is 10.9 Å². The number of rotatable bonds is 7. The summed E-state index contributed by atoms with van der Waals surface area (Å²) in [5.74, 6) is -0.902. The Morgan fingerprint density at radius 1 is 1.48 bits per heavy atom. The Labute approximate surface area is 175 Å². The van der Waals surface area contributed by atoms with Gasteiger partial charge < -0.3 is 4.90 Å². The Hall–Kier alpha value is -2.14. The van der Waals surface area contributed by atoms with Crippen LogP contribution in [0.5, 0.6) is 0 Å². The van der Waals surface area contributed by atoms with E-state index >= 15 is 0 Å². The SMILES string of the molecule is C[C@H]1CN(S(=O)(=O)NCC(=O)N(C)C)CC=C1C=C(Cl)N=Cc1ccc(F)cn1. The monoisotopic (exact) mass is 443 g/mol. The molecule has 0 unspecified atom stereocenters. The van der Waals surface area contributed by atoms with Crippen molar-refractivity contribution in [2.45, 2.75) is 6.92 Å². The van der Waals surface area contributed by atoms with E-state index in [1.807, 2.05) is 6.92 Å². The highest BCUT2D eigenvalue weighted by molar-refractivity contribution is 7.87. The Balaban J connectivity index is 2.02. The standard InChI is InChI=1S/C18H23ClFN5O3S/c1-13-12-25(29(27,28)23-11-18(26)24(2)3)7-6-14(13)8-17(19)22-10-16-5-4-15(20)9-21-16/h4-6,8-10,13,23H,7,11-12H2,1-3H3/t13-/m0/s1. The predicted molar refractivity (Wildman–Crippen MR) is 110 cm³/mol. The molecule has 1 amide bonds. The van der Waals surface area contributed by atoms with Crippen LogP contribution < -0.4 is 4.72 Å². The van der Waals surface area contributed by atoms with Crippen molar-refractivity contribution in [3.05, 3.63) is 52.7 Å². The number of nitrogens with zero attached hydrogens (tertiary/aromatic N) is 4. The molecule has 0 spiro atoms.